The average Bonchev–Trinajstić information content (AvgIpc) is 1.67. The van der Waals surface area contributed by atoms with E-state index in [0.29, 0.717) is 6.54 Å². The molecule has 9 heavy (non-hydrogen) atoms. The first-order valence-electron chi connectivity index (χ1n) is 2.63. The fraction of sp³-hybridized carbons (Fsp3) is 0.800. The van der Waals surface area contributed by atoms with Gasteiger partial charge in [-0.1, -0.05) is 0 Å². The van der Waals surface area contributed by atoms with Crippen LogP contribution < -0.4 is 5.32 Å². The van der Waals surface area contributed by atoms with Crippen molar-refractivity contribution in [2.45, 2.75) is 6.92 Å². The normalized spacial score (nSPS) is 7.44. The van der Waals surface area contributed by atoms with Crippen LogP contribution in [0.4, 0.5) is 4.79 Å². The SMILES string of the molecule is CCNC(=O)N(C)C.[B]. The van der Waals surface area contributed by atoms with Gasteiger partial charge in [0.05, 0.1) is 0 Å². The van der Waals surface area contributed by atoms with E-state index in [-0.39, 0.29) is 14.4 Å². The zero-order valence-corrected chi connectivity index (χ0v) is 6.14. The van der Waals surface area contributed by atoms with Gasteiger partial charge in [-0.15, -0.1) is 0 Å². The second-order valence-electron chi connectivity index (χ2n) is 1.73. The topological polar surface area (TPSA) is 32.3 Å². The Morgan fingerprint density at radius 2 is 2.00 bits per heavy atom. The van der Waals surface area contributed by atoms with Crippen LogP contribution in [0.3, 0.4) is 0 Å². The molecule has 0 fully saturated rings. The summed E-state index contributed by atoms with van der Waals surface area (Å²) in [6, 6.07) is -0.0347. The third-order valence-corrected chi connectivity index (χ3v) is 0.734. The third-order valence-electron chi connectivity index (χ3n) is 0.734. The van der Waals surface area contributed by atoms with Crippen LogP contribution in [-0.4, -0.2) is 40.0 Å². The Bertz CT molecular complexity index is 85.0. The van der Waals surface area contributed by atoms with Gasteiger partial charge in [0.15, 0.2) is 0 Å². The van der Waals surface area contributed by atoms with E-state index in [9.17, 15) is 4.79 Å². The quantitative estimate of drug-likeness (QED) is 0.490. The molecule has 0 aromatic rings. The molecule has 0 aliphatic heterocycles. The maximum absolute atomic E-state index is 10.6. The van der Waals surface area contributed by atoms with Gasteiger partial charge < -0.3 is 10.2 Å². The average molecular weight is 127 g/mol. The number of rotatable bonds is 1. The largest absolute Gasteiger partial charge is 0.338 e. The fourth-order valence-corrected chi connectivity index (χ4v) is 0.309. The van der Waals surface area contributed by atoms with E-state index in [1.54, 1.807) is 14.1 Å². The van der Waals surface area contributed by atoms with Crippen LogP contribution in [0.2, 0.25) is 0 Å². The van der Waals surface area contributed by atoms with Gasteiger partial charge in [-0.3, -0.25) is 0 Å². The van der Waals surface area contributed by atoms with Crippen molar-refractivity contribution >= 4 is 14.4 Å². The van der Waals surface area contributed by atoms with E-state index in [4.69, 9.17) is 0 Å². The lowest BCUT2D eigenvalue weighted by Gasteiger charge is -2.09. The molecule has 0 unspecified atom stereocenters. The van der Waals surface area contributed by atoms with Crippen LogP contribution in [0, 0.1) is 0 Å². The van der Waals surface area contributed by atoms with Gasteiger partial charge >= 0.3 is 6.03 Å². The van der Waals surface area contributed by atoms with Crippen LogP contribution in [0.25, 0.3) is 0 Å². The summed E-state index contributed by atoms with van der Waals surface area (Å²) in [6.45, 7) is 2.58. The van der Waals surface area contributed by atoms with E-state index in [1.807, 2.05) is 6.92 Å². The molecule has 0 spiro atoms. The van der Waals surface area contributed by atoms with Crippen molar-refractivity contribution < 1.29 is 4.79 Å². The minimum Gasteiger partial charge on any atom is -0.338 e. The van der Waals surface area contributed by atoms with E-state index in [1.165, 1.54) is 4.90 Å². The van der Waals surface area contributed by atoms with Crippen LogP contribution in [0.15, 0.2) is 0 Å². The molecule has 2 amide bonds. The van der Waals surface area contributed by atoms with Crippen molar-refractivity contribution in [2.75, 3.05) is 20.6 Å². The molecule has 0 bridgehead atoms. The summed E-state index contributed by atoms with van der Waals surface area (Å²) in [5.41, 5.74) is 0. The molecular formula is C5H12BN2O. The Hall–Kier alpha value is -0.665. The minimum absolute atomic E-state index is 0. The zero-order chi connectivity index (χ0) is 6.57. The summed E-state index contributed by atoms with van der Waals surface area (Å²) >= 11 is 0. The molecule has 1 N–H and O–H groups in total. The van der Waals surface area contributed by atoms with Crippen molar-refractivity contribution in [2.24, 2.45) is 0 Å². The lowest BCUT2D eigenvalue weighted by atomic mass is 10.7. The molecular weight excluding hydrogens is 115 g/mol. The summed E-state index contributed by atoms with van der Waals surface area (Å²) in [7, 11) is 3.43. The molecule has 4 heteroatoms. The number of carbonyl (C=O) groups is 1. The van der Waals surface area contributed by atoms with E-state index >= 15 is 0 Å². The van der Waals surface area contributed by atoms with Crippen LogP contribution in [0.1, 0.15) is 6.92 Å². The van der Waals surface area contributed by atoms with Crippen LogP contribution in [0.5, 0.6) is 0 Å². The first-order chi connectivity index (χ1) is 3.68. The second kappa shape index (κ2) is 5.47. The molecule has 0 rings (SSSR count). The minimum atomic E-state index is -0.0347. The van der Waals surface area contributed by atoms with Gasteiger partial charge in [0.1, 0.15) is 0 Å². The number of hydrogen-bond acceptors (Lipinski definition) is 1. The maximum atomic E-state index is 10.6. The Morgan fingerprint density at radius 1 is 1.56 bits per heavy atom. The summed E-state index contributed by atoms with van der Waals surface area (Å²) < 4.78 is 0. The number of hydrogen-bond donors (Lipinski definition) is 1. The molecule has 0 aliphatic rings. The standard InChI is InChI=1S/C5H12N2O.B/c1-4-6-5(8)7(2)3;/h4H2,1-3H3,(H,6,8);. The molecule has 0 aliphatic carbocycles. The number of nitrogens with zero attached hydrogens (tertiary/aromatic N) is 1. The van der Waals surface area contributed by atoms with Crippen LogP contribution >= 0.6 is 0 Å². The van der Waals surface area contributed by atoms with Gasteiger partial charge in [-0.2, -0.15) is 0 Å². The highest BCUT2D eigenvalue weighted by molar-refractivity contribution is 5.75. The first-order valence-corrected chi connectivity index (χ1v) is 2.63. The molecule has 0 atom stereocenters. The van der Waals surface area contributed by atoms with Gasteiger partial charge in [-0.05, 0) is 6.92 Å². The summed E-state index contributed by atoms with van der Waals surface area (Å²) in [6.07, 6.45) is 0. The second-order valence-corrected chi connectivity index (χ2v) is 1.73. The monoisotopic (exact) mass is 127 g/mol. The van der Waals surface area contributed by atoms with Crippen molar-refractivity contribution in [1.29, 1.82) is 0 Å². The smallest absolute Gasteiger partial charge is 0.316 e. The third kappa shape index (κ3) is 5.20. The predicted molar refractivity (Wildman–Crippen MR) is 38.5 cm³/mol. The van der Waals surface area contributed by atoms with Crippen molar-refractivity contribution in [3.8, 4) is 0 Å². The number of carbonyl (C=O) groups excluding carboxylic acids is 1. The van der Waals surface area contributed by atoms with Crippen molar-refractivity contribution in [1.82, 2.24) is 10.2 Å². The molecule has 0 saturated heterocycles. The lowest BCUT2D eigenvalue weighted by molar-refractivity contribution is 0.218. The predicted octanol–water partition coefficient (Wildman–Crippen LogP) is -0.103. The number of urea groups is 1. The van der Waals surface area contributed by atoms with Crippen molar-refractivity contribution in [3.05, 3.63) is 0 Å². The summed E-state index contributed by atoms with van der Waals surface area (Å²) in [4.78, 5) is 12.1. The summed E-state index contributed by atoms with van der Waals surface area (Å²) in [5, 5.41) is 2.63. The Balaban J connectivity index is 0. The van der Waals surface area contributed by atoms with E-state index in [2.05, 4.69) is 5.32 Å². The van der Waals surface area contributed by atoms with E-state index < -0.39 is 0 Å². The highest BCUT2D eigenvalue weighted by atomic mass is 16.2. The van der Waals surface area contributed by atoms with Gasteiger partial charge in [-0.25, -0.2) is 4.79 Å². The lowest BCUT2D eigenvalue weighted by Crippen LogP contribution is -2.34. The number of nitrogens with one attached hydrogen (secondary N) is 1. The zero-order valence-electron chi connectivity index (χ0n) is 6.14. The summed E-state index contributed by atoms with van der Waals surface area (Å²) in [5.74, 6) is 0. The molecule has 0 aromatic carbocycles. The highest BCUT2D eigenvalue weighted by Crippen LogP contribution is 1.73. The fourth-order valence-electron chi connectivity index (χ4n) is 0.309. The van der Waals surface area contributed by atoms with Crippen LogP contribution in [-0.2, 0) is 0 Å². The van der Waals surface area contributed by atoms with Crippen molar-refractivity contribution in [3.63, 3.8) is 0 Å². The molecule has 51 valence electrons. The Morgan fingerprint density at radius 3 is 2.11 bits per heavy atom. The van der Waals surface area contributed by atoms with Gasteiger partial charge in [0, 0.05) is 29.1 Å². The first kappa shape index (κ1) is 11.2. The molecule has 3 nitrogen and oxygen atoms in total. The Labute approximate surface area is 58.0 Å². The van der Waals surface area contributed by atoms with Gasteiger partial charge in [0.25, 0.3) is 0 Å². The molecule has 0 heterocycles. The maximum Gasteiger partial charge on any atom is 0.316 e. The van der Waals surface area contributed by atoms with E-state index in [0.717, 1.165) is 0 Å². The highest BCUT2D eigenvalue weighted by Gasteiger charge is 1.96. The molecule has 3 radical (unpaired) electrons. The number of amides is 2. The molecule has 0 saturated carbocycles. The molecule has 0 aromatic heterocycles. The Kier molecular flexibility index (Phi) is 6.79. The van der Waals surface area contributed by atoms with Gasteiger partial charge in [0.2, 0.25) is 0 Å².